The number of hydrogen-bond donors (Lipinski definition) is 0. The summed E-state index contributed by atoms with van der Waals surface area (Å²) < 4.78 is 18.5. The van der Waals surface area contributed by atoms with Crippen molar-refractivity contribution in [2.24, 2.45) is 0 Å². The van der Waals surface area contributed by atoms with Crippen LogP contribution in [0.1, 0.15) is 53.9 Å². The van der Waals surface area contributed by atoms with Gasteiger partial charge in [0.2, 0.25) is 0 Å². The van der Waals surface area contributed by atoms with E-state index < -0.39 is 8.32 Å². The maximum atomic E-state index is 11.9. The largest absolute Gasteiger partial charge is 0.466 e. The Bertz CT molecular complexity index is 1130. The minimum Gasteiger partial charge on any atom is -0.466 e. The van der Waals surface area contributed by atoms with E-state index >= 15 is 0 Å². The molecular weight excluding hydrogens is 545 g/mol. The lowest BCUT2D eigenvalue weighted by Gasteiger charge is -2.45. The zero-order valence-corrected chi connectivity index (χ0v) is 26.3. The fourth-order valence-electron chi connectivity index (χ4n) is 5.81. The second-order valence-corrected chi connectivity index (χ2v) is 18.5. The third kappa shape index (κ3) is 6.50. The number of carbonyl (C=O) groups excluding carboxylic acids is 2. The van der Waals surface area contributed by atoms with Gasteiger partial charge in [-0.3, -0.25) is 9.59 Å². The molecule has 1 aliphatic carbocycles. The molecule has 5 nitrogen and oxygen atoms in total. The molecule has 2 aromatic carbocycles. The standard InChI is InChI=1S/C31H40O5S2Si/c1-23(32)34-18-17-27-28(22-35-24(2)33)31(37-19-12-20-38-31)21-29(27)36-39(30(3,4)5,25-13-8-6-9-14-25)26-15-10-7-11-16-26/h6-11,13-16,29H,12,17-22H2,1-5H3/t29-/m0/s1. The molecule has 0 aromatic heterocycles. The van der Waals surface area contributed by atoms with Crippen LogP contribution in [0.25, 0.3) is 0 Å². The number of carbonyl (C=O) groups is 2. The Morgan fingerprint density at radius 1 is 0.897 bits per heavy atom. The molecule has 210 valence electrons. The first-order chi connectivity index (χ1) is 18.6. The average molecular weight is 585 g/mol. The first-order valence-corrected chi connectivity index (χ1v) is 17.5. The number of rotatable bonds is 9. The predicted molar refractivity (Wildman–Crippen MR) is 164 cm³/mol. The summed E-state index contributed by atoms with van der Waals surface area (Å²) in [6.07, 6.45) is 2.33. The van der Waals surface area contributed by atoms with E-state index in [1.807, 2.05) is 23.5 Å². The third-order valence-electron chi connectivity index (χ3n) is 7.48. The third-order valence-corrected chi connectivity index (χ3v) is 16.0. The maximum absolute atomic E-state index is 11.9. The van der Waals surface area contributed by atoms with Crippen LogP contribution in [-0.2, 0) is 23.5 Å². The summed E-state index contributed by atoms with van der Waals surface area (Å²) in [6.45, 7) is 10.3. The first kappa shape index (κ1) is 30.0. The van der Waals surface area contributed by atoms with Gasteiger partial charge < -0.3 is 13.9 Å². The highest BCUT2D eigenvalue weighted by Gasteiger charge is 2.55. The monoisotopic (exact) mass is 584 g/mol. The molecule has 0 unspecified atom stereocenters. The minimum absolute atomic E-state index is 0.171. The highest BCUT2D eigenvalue weighted by molar-refractivity contribution is 8.19. The molecule has 39 heavy (non-hydrogen) atoms. The van der Waals surface area contributed by atoms with E-state index in [1.54, 1.807) is 0 Å². The first-order valence-electron chi connectivity index (χ1n) is 13.6. The molecule has 0 bridgehead atoms. The summed E-state index contributed by atoms with van der Waals surface area (Å²) in [5.74, 6) is 1.52. The Hall–Kier alpha value is -2.00. The highest BCUT2D eigenvalue weighted by atomic mass is 32.2. The van der Waals surface area contributed by atoms with E-state index in [9.17, 15) is 9.59 Å². The molecule has 1 fully saturated rings. The zero-order chi connectivity index (χ0) is 28.1. The van der Waals surface area contributed by atoms with Crippen LogP contribution in [0.3, 0.4) is 0 Å². The van der Waals surface area contributed by atoms with Crippen molar-refractivity contribution < 1.29 is 23.5 Å². The van der Waals surface area contributed by atoms with Crippen LogP contribution in [0, 0.1) is 0 Å². The van der Waals surface area contributed by atoms with Crippen molar-refractivity contribution in [3.63, 3.8) is 0 Å². The number of ether oxygens (including phenoxy) is 2. The molecular formula is C31H40O5S2Si. The summed E-state index contributed by atoms with van der Waals surface area (Å²) in [4.78, 5) is 23.6. The minimum atomic E-state index is -2.84. The zero-order valence-electron chi connectivity index (χ0n) is 23.7. The molecule has 0 radical (unpaired) electrons. The van der Waals surface area contributed by atoms with Crippen LogP contribution >= 0.6 is 23.5 Å². The van der Waals surface area contributed by atoms with Gasteiger partial charge in [0.1, 0.15) is 6.61 Å². The SMILES string of the molecule is CC(=O)OCCC1=C(COC(C)=O)C2(C[C@@H]1O[Si](c1ccccc1)(c1ccccc1)C(C)(C)C)SCCCS2. The van der Waals surface area contributed by atoms with Crippen LogP contribution in [0.2, 0.25) is 5.04 Å². The fraction of sp³-hybridized carbons (Fsp3) is 0.484. The van der Waals surface area contributed by atoms with Gasteiger partial charge in [0.25, 0.3) is 8.32 Å². The molecule has 0 N–H and O–H groups in total. The quantitative estimate of drug-likeness (QED) is 0.212. The van der Waals surface area contributed by atoms with Crippen LogP contribution < -0.4 is 10.4 Å². The smallest absolute Gasteiger partial charge is 0.302 e. The molecule has 0 saturated carbocycles. The molecule has 2 aromatic rings. The van der Waals surface area contributed by atoms with Crippen molar-refractivity contribution in [1.29, 1.82) is 0 Å². The maximum Gasteiger partial charge on any atom is 0.302 e. The van der Waals surface area contributed by atoms with Gasteiger partial charge >= 0.3 is 11.9 Å². The lowest BCUT2D eigenvalue weighted by atomic mass is 10.1. The lowest BCUT2D eigenvalue weighted by molar-refractivity contribution is -0.141. The molecule has 1 atom stereocenters. The lowest BCUT2D eigenvalue weighted by Crippen LogP contribution is -2.67. The van der Waals surface area contributed by atoms with Gasteiger partial charge in [0.05, 0.1) is 16.8 Å². The number of hydrogen-bond acceptors (Lipinski definition) is 7. The summed E-state index contributed by atoms with van der Waals surface area (Å²) in [5, 5.41) is 2.29. The van der Waals surface area contributed by atoms with E-state index in [2.05, 4.69) is 81.4 Å². The Balaban J connectivity index is 1.86. The van der Waals surface area contributed by atoms with Gasteiger partial charge in [-0.15, -0.1) is 23.5 Å². The molecule has 1 spiro atoms. The van der Waals surface area contributed by atoms with E-state index in [1.165, 1.54) is 24.2 Å². The number of esters is 2. The summed E-state index contributed by atoms with van der Waals surface area (Å²) in [7, 11) is -2.84. The topological polar surface area (TPSA) is 61.8 Å². The Morgan fingerprint density at radius 3 is 1.92 bits per heavy atom. The second kappa shape index (κ2) is 12.7. The van der Waals surface area contributed by atoms with Crippen LogP contribution in [0.4, 0.5) is 0 Å². The Morgan fingerprint density at radius 2 is 1.44 bits per heavy atom. The van der Waals surface area contributed by atoms with Gasteiger partial charge in [-0.1, -0.05) is 81.4 Å². The molecule has 0 amide bonds. The van der Waals surface area contributed by atoms with Crippen molar-refractivity contribution in [3.8, 4) is 0 Å². The Labute approximate surface area is 242 Å². The van der Waals surface area contributed by atoms with Crippen molar-refractivity contribution >= 4 is 54.2 Å². The van der Waals surface area contributed by atoms with E-state index in [4.69, 9.17) is 13.9 Å². The van der Waals surface area contributed by atoms with Crippen molar-refractivity contribution in [2.75, 3.05) is 24.7 Å². The Kier molecular flexibility index (Phi) is 9.73. The van der Waals surface area contributed by atoms with Gasteiger partial charge in [-0.2, -0.15) is 0 Å². The van der Waals surface area contributed by atoms with Gasteiger partial charge in [0.15, 0.2) is 0 Å². The molecule has 1 aliphatic heterocycles. The van der Waals surface area contributed by atoms with E-state index in [0.717, 1.165) is 35.5 Å². The summed E-state index contributed by atoms with van der Waals surface area (Å²) in [6, 6.07) is 21.3. The molecule has 2 aliphatic rings. The number of thioether (sulfide) groups is 2. The molecule has 1 heterocycles. The van der Waals surface area contributed by atoms with Crippen molar-refractivity contribution in [1.82, 2.24) is 0 Å². The van der Waals surface area contributed by atoms with Crippen LogP contribution in [0.5, 0.6) is 0 Å². The van der Waals surface area contributed by atoms with Crippen LogP contribution in [-0.4, -0.2) is 55.2 Å². The fourth-order valence-corrected chi connectivity index (χ4v) is 14.0. The van der Waals surface area contributed by atoms with E-state index in [-0.39, 0.29) is 40.4 Å². The summed E-state index contributed by atoms with van der Waals surface area (Å²) in [5.41, 5.74) is 2.25. The van der Waals surface area contributed by atoms with Crippen LogP contribution in [0.15, 0.2) is 71.8 Å². The molecule has 8 heteroatoms. The predicted octanol–water partition coefficient (Wildman–Crippen LogP) is 5.71. The highest BCUT2D eigenvalue weighted by Crippen LogP contribution is 2.57. The average Bonchev–Trinajstić information content (AvgIpc) is 3.17. The van der Waals surface area contributed by atoms with E-state index in [0.29, 0.717) is 6.42 Å². The van der Waals surface area contributed by atoms with Crippen molar-refractivity contribution in [2.45, 2.75) is 69.1 Å². The van der Waals surface area contributed by atoms with Gasteiger partial charge in [-0.05, 0) is 44.5 Å². The molecule has 4 rings (SSSR count). The normalized spacial score (nSPS) is 19.3. The summed E-state index contributed by atoms with van der Waals surface area (Å²) >= 11 is 3.89. The van der Waals surface area contributed by atoms with Gasteiger partial charge in [0, 0.05) is 26.7 Å². The van der Waals surface area contributed by atoms with Crippen molar-refractivity contribution in [3.05, 3.63) is 71.8 Å². The van der Waals surface area contributed by atoms with Gasteiger partial charge in [-0.25, -0.2) is 0 Å². The number of benzene rings is 2. The second-order valence-electron chi connectivity index (χ2n) is 11.2. The molecule has 1 saturated heterocycles.